The van der Waals surface area contributed by atoms with Gasteiger partial charge in [0.05, 0.1) is 16.7 Å². The number of benzene rings is 5. The van der Waals surface area contributed by atoms with Crippen molar-refractivity contribution in [3.8, 4) is 17.2 Å². The fraction of sp³-hybridized carbons (Fsp3) is 0.200. The van der Waals surface area contributed by atoms with Gasteiger partial charge in [-0.3, -0.25) is 9.59 Å². The van der Waals surface area contributed by atoms with Crippen LogP contribution in [0, 0.1) is 0 Å². The molecule has 6 N–H and O–H groups in total. The molecule has 0 aliphatic heterocycles. The van der Waals surface area contributed by atoms with Gasteiger partial charge in [-0.1, -0.05) is 102 Å². The largest absolute Gasteiger partial charge is 0.508 e. The second-order valence-corrected chi connectivity index (χ2v) is 14.1. The predicted molar refractivity (Wildman–Crippen MR) is 234 cm³/mol. The van der Waals surface area contributed by atoms with E-state index in [0.29, 0.717) is 11.1 Å². The molecule has 0 radical (unpaired) electrons. The molecule has 5 aromatic carbocycles. The minimum atomic E-state index is -1.14. The van der Waals surface area contributed by atoms with E-state index < -0.39 is 23.0 Å². The summed E-state index contributed by atoms with van der Waals surface area (Å²) in [6.45, 7) is 15.4. The van der Waals surface area contributed by atoms with Gasteiger partial charge in [-0.2, -0.15) is 0 Å². The third-order valence-electron chi connectivity index (χ3n) is 9.39. The number of aliphatic hydroxyl groups is 1. The van der Waals surface area contributed by atoms with Crippen LogP contribution in [0.1, 0.15) is 114 Å². The molecule has 5 aromatic rings. The van der Waals surface area contributed by atoms with E-state index in [4.69, 9.17) is 15.3 Å². The van der Waals surface area contributed by atoms with Crippen molar-refractivity contribution in [3.63, 3.8) is 0 Å². The van der Waals surface area contributed by atoms with E-state index in [1.165, 1.54) is 42.5 Å². The number of aromatic hydroxyl groups is 3. The Bertz CT molecular complexity index is 2440. The number of phenols is 3. The van der Waals surface area contributed by atoms with Crippen LogP contribution >= 0.6 is 0 Å². The number of carbonyl (C=O) groups excluding carboxylic acids is 2. The molecule has 0 saturated carbocycles. The van der Waals surface area contributed by atoms with Crippen molar-refractivity contribution in [2.45, 2.75) is 66.4 Å². The molecule has 0 unspecified atom stereocenters. The third kappa shape index (κ3) is 11.1. The van der Waals surface area contributed by atoms with Gasteiger partial charge >= 0.3 is 11.9 Å². The molecule has 7 rings (SSSR count). The molecular weight excluding hydrogens is 761 g/mol. The minimum absolute atomic E-state index is 0.0319. The molecule has 0 bridgehead atoms. The highest BCUT2D eigenvalue weighted by Gasteiger charge is 2.39. The summed E-state index contributed by atoms with van der Waals surface area (Å²) in [4.78, 5) is 47.1. The quantitative estimate of drug-likeness (QED) is 0.0900. The van der Waals surface area contributed by atoms with Crippen LogP contribution in [0.2, 0.25) is 0 Å². The number of hydrogen-bond acceptors (Lipinski definition) is 8. The summed E-state index contributed by atoms with van der Waals surface area (Å²) in [5, 5.41) is 56.5. The normalized spacial score (nSPS) is 13.1. The number of aromatic carboxylic acids is 2. The van der Waals surface area contributed by atoms with Gasteiger partial charge < -0.3 is 30.6 Å². The fourth-order valence-corrected chi connectivity index (χ4v) is 6.52. The summed E-state index contributed by atoms with van der Waals surface area (Å²) in [6.07, 6.45) is 4.87. The van der Waals surface area contributed by atoms with Gasteiger partial charge in [0.25, 0.3) is 0 Å². The number of allylic oxidation sites excluding steroid dienone is 5. The Hall–Kier alpha value is -7.04. The van der Waals surface area contributed by atoms with Crippen LogP contribution in [0.5, 0.6) is 17.2 Å². The van der Waals surface area contributed by atoms with Gasteiger partial charge in [0.1, 0.15) is 17.2 Å². The summed E-state index contributed by atoms with van der Waals surface area (Å²) >= 11 is 0. The highest BCUT2D eigenvalue weighted by atomic mass is 16.4. The maximum absolute atomic E-state index is 12.1. The van der Waals surface area contributed by atoms with E-state index in [1.54, 1.807) is 98.8 Å². The van der Waals surface area contributed by atoms with E-state index in [-0.39, 0.29) is 45.5 Å². The molecule has 0 amide bonds. The van der Waals surface area contributed by atoms with Gasteiger partial charge in [0.15, 0.2) is 11.6 Å². The lowest BCUT2D eigenvalue weighted by Gasteiger charge is -2.39. The Morgan fingerprint density at radius 3 is 1.67 bits per heavy atom. The Kier molecular flexibility index (Phi) is 16.2. The topological polar surface area (TPSA) is 190 Å². The van der Waals surface area contributed by atoms with E-state index >= 15 is 0 Å². The van der Waals surface area contributed by atoms with Crippen molar-refractivity contribution in [1.82, 2.24) is 0 Å². The molecule has 0 saturated heterocycles. The summed E-state index contributed by atoms with van der Waals surface area (Å²) in [7, 11) is 0. The zero-order valence-corrected chi connectivity index (χ0v) is 35.0. The molecule has 0 atom stereocenters. The van der Waals surface area contributed by atoms with Crippen molar-refractivity contribution in [1.29, 1.82) is 0 Å². The predicted octanol–water partition coefficient (Wildman–Crippen LogP) is 10.2. The fourth-order valence-electron chi connectivity index (χ4n) is 6.52. The molecular formula is C50H52O10. The first-order valence-corrected chi connectivity index (χ1v) is 19.4. The first kappa shape index (κ1) is 47.3. The van der Waals surface area contributed by atoms with Gasteiger partial charge in [-0.05, 0) is 126 Å². The first-order valence-electron chi connectivity index (χ1n) is 19.4. The molecule has 2 aliphatic carbocycles. The average Bonchev–Trinajstić information content (AvgIpc) is 3.23. The van der Waals surface area contributed by atoms with Crippen molar-refractivity contribution in [2.75, 3.05) is 0 Å². The number of ketones is 2. The lowest BCUT2D eigenvalue weighted by atomic mass is 9.64. The highest BCUT2D eigenvalue weighted by Crippen LogP contribution is 2.50. The summed E-state index contributed by atoms with van der Waals surface area (Å²) in [6, 6.07) is 30.3. The maximum atomic E-state index is 12.1. The van der Waals surface area contributed by atoms with Gasteiger partial charge in [-0.15, -0.1) is 0 Å². The van der Waals surface area contributed by atoms with Crippen LogP contribution in [0.15, 0.2) is 145 Å². The number of phenolic OH excluding ortho intramolecular Hbond substituents is 3. The molecule has 0 heterocycles. The summed E-state index contributed by atoms with van der Waals surface area (Å²) in [5.41, 5.74) is 4.70. The molecule has 0 spiro atoms. The molecule has 312 valence electrons. The third-order valence-corrected chi connectivity index (χ3v) is 9.39. The highest BCUT2D eigenvalue weighted by molar-refractivity contribution is 6.14. The number of carbonyl (C=O) groups is 4. The molecule has 0 fully saturated rings. The number of carboxylic acids is 2. The Labute approximate surface area is 350 Å². The number of fused-ring (bicyclic) bond motifs is 2. The van der Waals surface area contributed by atoms with Crippen molar-refractivity contribution in [2.24, 2.45) is 0 Å². The smallest absolute Gasteiger partial charge is 0.336 e. The standard InChI is InChI=1S/C23H18O4.C14H10O4.C9H12O2.2C2H6/c1-23(2)19-11-13(24)7-9-17(19)21(18-10-8-14(25)12-20(18)23)15-5-3-4-6-16(15)22(26)27;15-10-7-5-9(6-8-10)13(16)11-3-1-2-4-12(11)14(17)18;1-9(2,11)7-4-3-5-8(10)6-7;2*1-2/h3-12,24H,1-2H3,(H,26,27);1-8,15H,(H,17,18);3-6,10-11H,1-2H3;2*1-2H3. The van der Waals surface area contributed by atoms with Gasteiger partial charge in [0.2, 0.25) is 0 Å². The summed E-state index contributed by atoms with van der Waals surface area (Å²) < 4.78 is 0. The van der Waals surface area contributed by atoms with E-state index in [2.05, 4.69) is 0 Å². The lowest BCUT2D eigenvalue weighted by Crippen LogP contribution is -2.29. The van der Waals surface area contributed by atoms with Crippen LogP contribution < -0.4 is 0 Å². The zero-order chi connectivity index (χ0) is 44.9. The maximum Gasteiger partial charge on any atom is 0.336 e. The van der Waals surface area contributed by atoms with Crippen LogP contribution in [0.3, 0.4) is 0 Å². The monoisotopic (exact) mass is 812 g/mol. The van der Waals surface area contributed by atoms with Crippen molar-refractivity contribution >= 4 is 29.1 Å². The SMILES string of the molecule is CC.CC.CC(C)(O)c1cccc(O)c1.CC1(C)C2=CC(=O)C=CC2=C(c2ccccc2C(=O)O)c2ccc(O)cc21.O=C(O)c1ccccc1C(=O)c1ccc(O)cc1. The van der Waals surface area contributed by atoms with E-state index in [0.717, 1.165) is 33.4 Å². The second-order valence-electron chi connectivity index (χ2n) is 14.1. The zero-order valence-electron chi connectivity index (χ0n) is 35.0. The lowest BCUT2D eigenvalue weighted by molar-refractivity contribution is -0.110. The molecule has 10 heteroatoms. The number of carboxylic acid groups (broad SMARTS) is 2. The summed E-state index contributed by atoms with van der Waals surface area (Å²) in [5.74, 6) is -2.26. The van der Waals surface area contributed by atoms with Gasteiger partial charge in [0, 0.05) is 16.5 Å². The van der Waals surface area contributed by atoms with E-state index in [1.807, 2.05) is 47.6 Å². The van der Waals surface area contributed by atoms with Crippen molar-refractivity contribution < 1.29 is 49.8 Å². The Balaban J connectivity index is 0.000000251. The average molecular weight is 813 g/mol. The van der Waals surface area contributed by atoms with Gasteiger partial charge in [-0.25, -0.2) is 9.59 Å². The first-order chi connectivity index (χ1) is 28.4. The number of rotatable bonds is 6. The van der Waals surface area contributed by atoms with Crippen LogP contribution in [-0.4, -0.2) is 54.1 Å². The second kappa shape index (κ2) is 20.6. The van der Waals surface area contributed by atoms with Crippen LogP contribution in [0.4, 0.5) is 0 Å². The van der Waals surface area contributed by atoms with Crippen molar-refractivity contribution in [3.05, 3.63) is 189 Å². The van der Waals surface area contributed by atoms with Crippen LogP contribution in [-0.2, 0) is 15.8 Å². The Morgan fingerprint density at radius 1 is 0.583 bits per heavy atom. The van der Waals surface area contributed by atoms with E-state index in [9.17, 15) is 34.5 Å². The van der Waals surface area contributed by atoms with Crippen LogP contribution in [0.25, 0.3) is 5.57 Å². The molecule has 0 aromatic heterocycles. The minimum Gasteiger partial charge on any atom is -0.508 e. The molecule has 2 aliphatic rings. The molecule has 60 heavy (non-hydrogen) atoms. The number of hydrogen-bond donors (Lipinski definition) is 6. The molecule has 10 nitrogen and oxygen atoms in total. The Morgan fingerprint density at radius 2 is 1.12 bits per heavy atom.